The molecular formula is C12H12N4O2S2. The molecular weight excluding hydrogens is 296 g/mol. The Labute approximate surface area is 125 Å². The summed E-state index contributed by atoms with van der Waals surface area (Å²) in [4.78, 5) is 13.9. The second kappa shape index (κ2) is 10.8. The molecule has 0 aliphatic carbocycles. The van der Waals surface area contributed by atoms with Gasteiger partial charge in [-0.3, -0.25) is 4.79 Å². The number of thiol groups is 1. The SMILES string of the molecule is N#CC#N.NC(CS)C(=O)O.c1ccc2scnc2c1. The number of hydrogen-bond donors (Lipinski definition) is 3. The summed E-state index contributed by atoms with van der Waals surface area (Å²) in [5.74, 6) is -0.815. The fourth-order valence-electron chi connectivity index (χ4n) is 0.881. The minimum absolute atomic E-state index is 0.190. The highest BCUT2D eigenvalue weighted by Crippen LogP contribution is 2.15. The van der Waals surface area contributed by atoms with Crippen LogP contribution in [0.5, 0.6) is 0 Å². The van der Waals surface area contributed by atoms with Crippen LogP contribution in [0.2, 0.25) is 0 Å². The Morgan fingerprint density at radius 3 is 2.45 bits per heavy atom. The zero-order valence-corrected chi connectivity index (χ0v) is 12.0. The summed E-state index contributed by atoms with van der Waals surface area (Å²) in [6.45, 7) is 0. The van der Waals surface area contributed by atoms with E-state index in [9.17, 15) is 4.79 Å². The van der Waals surface area contributed by atoms with Gasteiger partial charge in [-0.1, -0.05) is 12.1 Å². The number of nitriles is 2. The topological polar surface area (TPSA) is 124 Å². The number of rotatable bonds is 2. The molecule has 1 aromatic carbocycles. The van der Waals surface area contributed by atoms with Gasteiger partial charge in [-0.15, -0.1) is 11.3 Å². The van der Waals surface area contributed by atoms with Gasteiger partial charge in [0, 0.05) is 5.75 Å². The second-order valence-electron chi connectivity index (χ2n) is 3.17. The number of carboxylic acid groups (broad SMARTS) is 1. The van der Waals surface area contributed by atoms with E-state index in [4.69, 9.17) is 21.4 Å². The highest BCUT2D eigenvalue weighted by Gasteiger charge is 2.06. The Balaban J connectivity index is 0.000000296. The van der Waals surface area contributed by atoms with Crippen molar-refractivity contribution in [3.63, 3.8) is 0 Å². The van der Waals surface area contributed by atoms with E-state index in [-0.39, 0.29) is 5.75 Å². The van der Waals surface area contributed by atoms with E-state index in [0.717, 1.165) is 5.52 Å². The molecule has 20 heavy (non-hydrogen) atoms. The van der Waals surface area contributed by atoms with Gasteiger partial charge >= 0.3 is 5.97 Å². The van der Waals surface area contributed by atoms with E-state index >= 15 is 0 Å². The van der Waals surface area contributed by atoms with Crippen LogP contribution in [0.1, 0.15) is 0 Å². The van der Waals surface area contributed by atoms with E-state index in [2.05, 4.69) is 23.7 Å². The monoisotopic (exact) mass is 308 g/mol. The quantitative estimate of drug-likeness (QED) is 0.725. The summed E-state index contributed by atoms with van der Waals surface area (Å²) in [7, 11) is 0. The van der Waals surface area contributed by atoms with E-state index in [1.54, 1.807) is 11.3 Å². The number of nitrogens with two attached hydrogens (primary N) is 1. The van der Waals surface area contributed by atoms with Gasteiger partial charge in [0.1, 0.15) is 6.04 Å². The fourth-order valence-corrected chi connectivity index (χ4v) is 1.72. The number of aliphatic carboxylic acids is 1. The Kier molecular flexibility index (Phi) is 9.62. The van der Waals surface area contributed by atoms with Gasteiger partial charge in [-0.25, -0.2) is 4.98 Å². The zero-order valence-electron chi connectivity index (χ0n) is 10.3. The van der Waals surface area contributed by atoms with Gasteiger partial charge in [-0.05, 0) is 12.1 Å². The predicted molar refractivity (Wildman–Crippen MR) is 80.3 cm³/mol. The van der Waals surface area contributed by atoms with Gasteiger partial charge in [0.2, 0.25) is 0 Å². The van der Waals surface area contributed by atoms with Crippen molar-refractivity contribution in [3.05, 3.63) is 29.8 Å². The Morgan fingerprint density at radius 2 is 2.05 bits per heavy atom. The molecule has 1 heterocycles. The first-order chi connectivity index (χ1) is 9.56. The van der Waals surface area contributed by atoms with E-state index in [1.807, 2.05) is 23.7 Å². The minimum Gasteiger partial charge on any atom is -0.480 e. The number of benzene rings is 1. The van der Waals surface area contributed by atoms with Gasteiger partial charge in [0.15, 0.2) is 12.1 Å². The van der Waals surface area contributed by atoms with Crippen molar-refractivity contribution < 1.29 is 9.90 Å². The second-order valence-corrected chi connectivity index (χ2v) is 4.42. The standard InChI is InChI=1S/C7H5NS.C3H7NO2S.C2N2/c1-2-4-7-6(3-1)8-5-9-7;4-2(1-7)3(5)6;3-1-2-4/h1-5H;2,7H,1,4H2,(H,5,6);. The molecule has 0 saturated heterocycles. The van der Waals surface area contributed by atoms with E-state index in [0.29, 0.717) is 0 Å². The first-order valence-corrected chi connectivity index (χ1v) is 6.73. The highest BCUT2D eigenvalue weighted by molar-refractivity contribution is 7.80. The number of nitrogens with zero attached hydrogens (tertiary/aromatic N) is 3. The highest BCUT2D eigenvalue weighted by atomic mass is 32.1. The minimum atomic E-state index is -1.00. The first-order valence-electron chi connectivity index (χ1n) is 5.22. The summed E-state index contributed by atoms with van der Waals surface area (Å²) < 4.78 is 1.26. The molecule has 0 fully saturated rings. The smallest absolute Gasteiger partial charge is 0.321 e. The molecule has 0 spiro atoms. The zero-order chi connectivity index (χ0) is 15.4. The maximum atomic E-state index is 9.76. The third-order valence-corrected chi connectivity index (χ3v) is 3.00. The van der Waals surface area contributed by atoms with Crippen LogP contribution in [0.25, 0.3) is 10.2 Å². The molecule has 0 radical (unpaired) electrons. The lowest BCUT2D eigenvalue weighted by molar-refractivity contribution is -0.137. The molecule has 1 aromatic heterocycles. The molecule has 8 heteroatoms. The van der Waals surface area contributed by atoms with Crippen LogP contribution in [-0.4, -0.2) is 27.9 Å². The molecule has 0 amide bonds. The molecule has 3 N–H and O–H groups in total. The van der Waals surface area contributed by atoms with Crippen molar-refractivity contribution in [2.75, 3.05) is 5.75 Å². The Hall–Kier alpha value is -2.13. The number of thiazole rings is 1. The predicted octanol–water partition coefficient (Wildman–Crippen LogP) is 1.66. The Bertz CT molecular complexity index is 573. The number of aromatic nitrogens is 1. The summed E-state index contributed by atoms with van der Waals surface area (Å²) in [6, 6.07) is 9.78. The molecule has 104 valence electrons. The molecule has 0 saturated carbocycles. The van der Waals surface area contributed by atoms with Crippen molar-refractivity contribution in [1.29, 1.82) is 10.5 Å². The first kappa shape index (κ1) is 17.9. The summed E-state index contributed by atoms with van der Waals surface area (Å²) in [6.07, 6.45) is 0. The van der Waals surface area contributed by atoms with Crippen LogP contribution in [0, 0.1) is 22.7 Å². The number of carboxylic acids is 1. The van der Waals surface area contributed by atoms with Gasteiger partial charge in [-0.2, -0.15) is 23.2 Å². The lowest BCUT2D eigenvalue weighted by atomic mass is 10.3. The third kappa shape index (κ3) is 7.34. The van der Waals surface area contributed by atoms with Gasteiger partial charge < -0.3 is 10.8 Å². The molecule has 2 aromatic rings. The van der Waals surface area contributed by atoms with Crippen LogP contribution in [0.3, 0.4) is 0 Å². The molecule has 0 bridgehead atoms. The molecule has 1 atom stereocenters. The van der Waals surface area contributed by atoms with Gasteiger partial charge in [0.25, 0.3) is 0 Å². The maximum absolute atomic E-state index is 9.76. The van der Waals surface area contributed by atoms with Crippen LogP contribution in [0.15, 0.2) is 29.8 Å². The van der Waals surface area contributed by atoms with Crippen molar-refractivity contribution in [1.82, 2.24) is 4.98 Å². The van der Waals surface area contributed by atoms with Crippen molar-refractivity contribution in [2.24, 2.45) is 5.73 Å². The van der Waals surface area contributed by atoms with Crippen LogP contribution in [-0.2, 0) is 4.79 Å². The largest absolute Gasteiger partial charge is 0.480 e. The molecule has 2 rings (SSSR count). The number of para-hydroxylation sites is 1. The maximum Gasteiger partial charge on any atom is 0.321 e. The van der Waals surface area contributed by atoms with Crippen LogP contribution < -0.4 is 5.73 Å². The van der Waals surface area contributed by atoms with E-state index < -0.39 is 12.0 Å². The average molecular weight is 308 g/mol. The number of carbonyl (C=O) groups is 1. The van der Waals surface area contributed by atoms with Crippen LogP contribution >= 0.6 is 24.0 Å². The summed E-state index contributed by atoms with van der Waals surface area (Å²) in [5, 5.41) is 22.5. The lowest BCUT2D eigenvalue weighted by Gasteiger charge is -1.96. The van der Waals surface area contributed by atoms with E-state index in [1.165, 1.54) is 16.8 Å². The Morgan fingerprint density at radius 1 is 1.45 bits per heavy atom. The van der Waals surface area contributed by atoms with Crippen molar-refractivity contribution in [3.8, 4) is 12.1 Å². The van der Waals surface area contributed by atoms with Crippen molar-refractivity contribution in [2.45, 2.75) is 6.04 Å². The van der Waals surface area contributed by atoms with Crippen LogP contribution in [0.4, 0.5) is 0 Å². The summed E-state index contributed by atoms with van der Waals surface area (Å²) in [5.41, 5.74) is 7.91. The summed E-state index contributed by atoms with van der Waals surface area (Å²) >= 11 is 5.33. The molecule has 0 aliphatic heterocycles. The number of hydrogen-bond acceptors (Lipinski definition) is 7. The normalized spacial score (nSPS) is 9.80. The third-order valence-electron chi connectivity index (χ3n) is 1.80. The average Bonchev–Trinajstić information content (AvgIpc) is 2.95. The van der Waals surface area contributed by atoms with Crippen molar-refractivity contribution >= 4 is 40.2 Å². The molecule has 6 nitrogen and oxygen atoms in total. The fraction of sp³-hybridized carbons (Fsp3) is 0.167. The number of fused-ring (bicyclic) bond motifs is 1. The molecule has 1 unspecified atom stereocenters. The van der Waals surface area contributed by atoms with Gasteiger partial charge in [0.05, 0.1) is 15.7 Å². The molecule has 0 aliphatic rings. The lowest BCUT2D eigenvalue weighted by Crippen LogP contribution is -2.31.